The van der Waals surface area contributed by atoms with Gasteiger partial charge in [0.2, 0.25) is 5.91 Å². The number of fused-ring (bicyclic) bond motifs is 1. The van der Waals surface area contributed by atoms with Crippen LogP contribution in [0.3, 0.4) is 0 Å². The van der Waals surface area contributed by atoms with E-state index in [-0.39, 0.29) is 30.2 Å². The number of amides is 1. The predicted molar refractivity (Wildman–Crippen MR) is 113 cm³/mol. The summed E-state index contributed by atoms with van der Waals surface area (Å²) < 4.78 is 0. The SMILES string of the molecule is Cl.Cl.O=C(NCC(c1cccs1)N1CCCC1)[C@@]12CCCC[C@H]1CNC2. The Bertz CT molecular complexity index is 565. The number of nitrogens with one attached hydrogen (secondary N) is 2. The van der Waals surface area contributed by atoms with E-state index in [1.807, 2.05) is 11.3 Å². The maximum Gasteiger partial charge on any atom is 0.227 e. The summed E-state index contributed by atoms with van der Waals surface area (Å²) >= 11 is 1.82. The van der Waals surface area contributed by atoms with Crippen LogP contribution in [0.15, 0.2) is 17.5 Å². The van der Waals surface area contributed by atoms with Crippen molar-refractivity contribution >= 4 is 42.1 Å². The lowest BCUT2D eigenvalue weighted by molar-refractivity contribution is -0.134. The van der Waals surface area contributed by atoms with Crippen LogP contribution in [0.5, 0.6) is 0 Å². The number of carbonyl (C=O) groups is 1. The summed E-state index contributed by atoms with van der Waals surface area (Å²) in [7, 11) is 0. The fraction of sp³-hybridized carbons (Fsp3) is 0.737. The van der Waals surface area contributed by atoms with E-state index in [9.17, 15) is 4.79 Å². The molecule has 1 amide bonds. The summed E-state index contributed by atoms with van der Waals surface area (Å²) in [5.41, 5.74) is -0.136. The summed E-state index contributed by atoms with van der Waals surface area (Å²) in [6.45, 7) is 4.97. The predicted octanol–water partition coefficient (Wildman–Crippen LogP) is 3.62. The van der Waals surface area contributed by atoms with Crippen LogP contribution in [0.1, 0.15) is 49.4 Å². The topological polar surface area (TPSA) is 44.4 Å². The zero-order valence-corrected chi connectivity index (χ0v) is 17.7. The van der Waals surface area contributed by atoms with Gasteiger partial charge in [0.15, 0.2) is 0 Å². The molecule has 2 saturated heterocycles. The first-order chi connectivity index (χ1) is 11.8. The summed E-state index contributed by atoms with van der Waals surface area (Å²) in [6, 6.07) is 4.70. The first-order valence-electron chi connectivity index (χ1n) is 9.56. The molecule has 0 aromatic carbocycles. The van der Waals surface area contributed by atoms with Crippen molar-refractivity contribution in [1.82, 2.24) is 15.5 Å². The van der Waals surface area contributed by atoms with E-state index < -0.39 is 0 Å². The fourth-order valence-electron chi connectivity index (χ4n) is 5.00. The molecule has 0 radical (unpaired) electrons. The Morgan fingerprint density at radius 2 is 2.12 bits per heavy atom. The molecule has 1 unspecified atom stereocenters. The second-order valence-corrected chi connectivity index (χ2v) is 8.69. The van der Waals surface area contributed by atoms with Gasteiger partial charge in [0.05, 0.1) is 11.5 Å². The van der Waals surface area contributed by atoms with Crippen LogP contribution in [-0.4, -0.2) is 43.5 Å². The first-order valence-corrected chi connectivity index (χ1v) is 10.4. The van der Waals surface area contributed by atoms with Crippen molar-refractivity contribution in [1.29, 1.82) is 0 Å². The van der Waals surface area contributed by atoms with Gasteiger partial charge in [-0.25, -0.2) is 0 Å². The van der Waals surface area contributed by atoms with Crippen LogP contribution >= 0.6 is 36.2 Å². The van der Waals surface area contributed by atoms with Crippen molar-refractivity contribution in [2.75, 3.05) is 32.7 Å². The second-order valence-electron chi connectivity index (χ2n) is 7.71. The molecular formula is C19H31Cl2N3OS. The third kappa shape index (κ3) is 4.22. The van der Waals surface area contributed by atoms with Gasteiger partial charge < -0.3 is 10.6 Å². The van der Waals surface area contributed by atoms with Gasteiger partial charge in [-0.05, 0) is 62.7 Å². The summed E-state index contributed by atoms with van der Waals surface area (Å²) in [4.78, 5) is 17.1. The first kappa shape index (κ1) is 22.0. The molecule has 3 heterocycles. The molecule has 3 fully saturated rings. The summed E-state index contributed by atoms with van der Waals surface area (Å²) in [5.74, 6) is 0.844. The molecule has 1 aliphatic carbocycles. The molecule has 26 heavy (non-hydrogen) atoms. The smallest absolute Gasteiger partial charge is 0.227 e. The van der Waals surface area contributed by atoms with Crippen molar-refractivity contribution in [3.63, 3.8) is 0 Å². The highest BCUT2D eigenvalue weighted by molar-refractivity contribution is 7.10. The van der Waals surface area contributed by atoms with Crippen LogP contribution in [0, 0.1) is 11.3 Å². The Hall–Kier alpha value is -0.330. The van der Waals surface area contributed by atoms with Crippen molar-refractivity contribution in [2.24, 2.45) is 11.3 Å². The minimum Gasteiger partial charge on any atom is -0.354 e. The number of hydrogen-bond acceptors (Lipinski definition) is 4. The van der Waals surface area contributed by atoms with Crippen LogP contribution in [-0.2, 0) is 4.79 Å². The Morgan fingerprint density at radius 3 is 2.85 bits per heavy atom. The van der Waals surface area contributed by atoms with Gasteiger partial charge in [-0.1, -0.05) is 18.9 Å². The quantitative estimate of drug-likeness (QED) is 0.765. The van der Waals surface area contributed by atoms with Gasteiger partial charge in [0.1, 0.15) is 0 Å². The van der Waals surface area contributed by atoms with Crippen molar-refractivity contribution in [3.05, 3.63) is 22.4 Å². The molecule has 4 rings (SSSR count). The van der Waals surface area contributed by atoms with Gasteiger partial charge in [-0.2, -0.15) is 0 Å². The number of nitrogens with zero attached hydrogens (tertiary/aromatic N) is 1. The van der Waals surface area contributed by atoms with Crippen molar-refractivity contribution < 1.29 is 4.79 Å². The molecule has 4 nitrogen and oxygen atoms in total. The minimum atomic E-state index is -0.136. The van der Waals surface area contributed by atoms with Gasteiger partial charge in [0.25, 0.3) is 0 Å². The number of likely N-dealkylation sites (tertiary alicyclic amines) is 1. The van der Waals surface area contributed by atoms with Gasteiger partial charge >= 0.3 is 0 Å². The number of carbonyl (C=O) groups excluding carboxylic acids is 1. The molecule has 0 spiro atoms. The number of thiophene rings is 1. The maximum absolute atomic E-state index is 13.1. The van der Waals surface area contributed by atoms with E-state index in [1.54, 1.807) is 0 Å². The van der Waals surface area contributed by atoms with Crippen LogP contribution in [0.2, 0.25) is 0 Å². The van der Waals surface area contributed by atoms with E-state index in [1.165, 1.54) is 37.0 Å². The summed E-state index contributed by atoms with van der Waals surface area (Å²) in [5, 5.41) is 9.00. The van der Waals surface area contributed by atoms with E-state index in [4.69, 9.17) is 0 Å². The molecule has 2 N–H and O–H groups in total. The Labute approximate surface area is 173 Å². The minimum absolute atomic E-state index is 0. The average molecular weight is 420 g/mol. The van der Waals surface area contributed by atoms with Crippen LogP contribution < -0.4 is 10.6 Å². The molecule has 1 aromatic heterocycles. The normalized spacial score (nSPS) is 29.3. The summed E-state index contributed by atoms with van der Waals surface area (Å²) in [6.07, 6.45) is 7.32. The highest BCUT2D eigenvalue weighted by Crippen LogP contribution is 2.44. The molecule has 2 aliphatic heterocycles. The molecule has 7 heteroatoms. The number of rotatable bonds is 5. The van der Waals surface area contributed by atoms with Gasteiger partial charge in [-0.3, -0.25) is 9.69 Å². The van der Waals surface area contributed by atoms with Crippen LogP contribution in [0.4, 0.5) is 0 Å². The van der Waals surface area contributed by atoms with Gasteiger partial charge in [-0.15, -0.1) is 36.2 Å². The highest BCUT2D eigenvalue weighted by Gasteiger charge is 2.49. The highest BCUT2D eigenvalue weighted by atomic mass is 35.5. The Kier molecular flexibility index (Phi) is 8.23. The molecule has 3 atom stereocenters. The van der Waals surface area contributed by atoms with E-state index in [0.717, 1.165) is 39.1 Å². The lowest BCUT2D eigenvalue weighted by Crippen LogP contribution is -2.49. The average Bonchev–Trinajstić information content (AvgIpc) is 3.36. The molecule has 3 aliphatic rings. The molecule has 1 saturated carbocycles. The Morgan fingerprint density at radius 1 is 1.31 bits per heavy atom. The standard InChI is InChI=1S/C19H29N3OS.2ClH/c23-18(19-8-2-1-6-15(19)12-20-14-19)21-13-16(17-7-5-11-24-17)22-9-3-4-10-22;;/h5,7,11,15-16,20H,1-4,6,8-10,12-14H2,(H,21,23);2*1H/t15-,16?,19+;;/m0../s1. The van der Waals surface area contributed by atoms with Crippen molar-refractivity contribution in [2.45, 2.75) is 44.6 Å². The van der Waals surface area contributed by atoms with E-state index in [2.05, 4.69) is 33.0 Å². The zero-order chi connectivity index (χ0) is 16.4. The molecule has 148 valence electrons. The third-order valence-electron chi connectivity index (χ3n) is 6.40. The second kappa shape index (κ2) is 9.74. The Balaban J connectivity index is 0.00000121. The van der Waals surface area contributed by atoms with E-state index >= 15 is 0 Å². The molecule has 0 bridgehead atoms. The monoisotopic (exact) mass is 419 g/mol. The van der Waals surface area contributed by atoms with Crippen LogP contribution in [0.25, 0.3) is 0 Å². The van der Waals surface area contributed by atoms with Gasteiger partial charge in [0, 0.05) is 18.0 Å². The lowest BCUT2D eigenvalue weighted by atomic mass is 9.67. The molecule has 1 aromatic rings. The lowest BCUT2D eigenvalue weighted by Gasteiger charge is -2.38. The number of hydrogen-bond donors (Lipinski definition) is 2. The fourth-order valence-corrected chi connectivity index (χ4v) is 5.86. The van der Waals surface area contributed by atoms with Crippen molar-refractivity contribution in [3.8, 4) is 0 Å². The largest absolute Gasteiger partial charge is 0.354 e. The maximum atomic E-state index is 13.1. The van der Waals surface area contributed by atoms with E-state index in [0.29, 0.717) is 17.9 Å². The third-order valence-corrected chi connectivity index (χ3v) is 7.37. The number of halogens is 2. The molecular weight excluding hydrogens is 389 g/mol. The zero-order valence-electron chi connectivity index (χ0n) is 15.2.